The lowest BCUT2D eigenvalue weighted by Gasteiger charge is -2.11. The summed E-state index contributed by atoms with van der Waals surface area (Å²) in [6.45, 7) is 0. The van der Waals surface area contributed by atoms with Gasteiger partial charge in [-0.05, 0) is 100 Å². The number of aromatic nitrogens is 2. The van der Waals surface area contributed by atoms with E-state index in [0.29, 0.717) is 0 Å². The molecule has 0 atom stereocenters. The van der Waals surface area contributed by atoms with E-state index in [4.69, 9.17) is 13.6 Å². The van der Waals surface area contributed by atoms with Gasteiger partial charge in [-0.1, -0.05) is 54.6 Å². The normalized spacial score (nSPS) is 11.6. The van der Waals surface area contributed by atoms with Crippen molar-refractivity contribution in [1.82, 2.24) is 9.97 Å². The Balaban J connectivity index is 1.00. The fraction of sp³-hybridized carbons (Fsp3) is 0. The molecule has 212 valence electrons. The van der Waals surface area contributed by atoms with E-state index in [9.17, 15) is 0 Å². The van der Waals surface area contributed by atoms with Crippen molar-refractivity contribution >= 4 is 43.9 Å². The quantitative estimate of drug-likeness (QED) is 0.203. The van der Waals surface area contributed by atoms with Crippen LogP contribution in [0.3, 0.4) is 0 Å². The average Bonchev–Trinajstić information content (AvgIpc) is 3.66. The molecule has 4 aromatic heterocycles. The van der Waals surface area contributed by atoms with Gasteiger partial charge in [0.05, 0.1) is 12.4 Å². The minimum absolute atomic E-state index is 0.767. The molecule has 9 aromatic rings. The summed E-state index contributed by atoms with van der Waals surface area (Å²) < 4.78 is 18.4. The van der Waals surface area contributed by atoms with Crippen molar-refractivity contribution < 1.29 is 13.6 Å². The van der Waals surface area contributed by atoms with E-state index in [2.05, 4.69) is 88.8 Å². The zero-order valence-corrected chi connectivity index (χ0v) is 24.0. The van der Waals surface area contributed by atoms with Gasteiger partial charge in [0.15, 0.2) is 11.2 Å². The van der Waals surface area contributed by atoms with Gasteiger partial charge in [-0.2, -0.15) is 0 Å². The van der Waals surface area contributed by atoms with Crippen LogP contribution in [0.2, 0.25) is 0 Å². The molecule has 0 bridgehead atoms. The maximum atomic E-state index is 6.39. The molecule has 5 aromatic carbocycles. The van der Waals surface area contributed by atoms with Crippen molar-refractivity contribution in [3.8, 4) is 44.9 Å². The highest BCUT2D eigenvalue weighted by atomic mass is 16.5. The van der Waals surface area contributed by atoms with Crippen molar-refractivity contribution in [3.63, 3.8) is 0 Å². The maximum absolute atomic E-state index is 6.39. The zero-order valence-electron chi connectivity index (χ0n) is 24.0. The number of pyridine rings is 2. The van der Waals surface area contributed by atoms with Crippen LogP contribution in [0.25, 0.3) is 77.3 Å². The Kier molecular flexibility index (Phi) is 5.74. The third kappa shape index (κ3) is 4.50. The van der Waals surface area contributed by atoms with Crippen molar-refractivity contribution in [1.29, 1.82) is 0 Å². The smallest absolute Gasteiger partial charge is 0.153 e. The molecular formula is C40H24N2O3. The fourth-order valence-electron chi connectivity index (χ4n) is 6.12. The SMILES string of the molecule is c1cc(Oc2cccc(-c3ccc4c(c3)oc3cnccc34)c2)cc(-c2cccc(-c3ccc4oc5cnccc5c4c3)c2)c1. The average molecular weight is 581 g/mol. The minimum Gasteiger partial charge on any atom is -0.457 e. The fourth-order valence-corrected chi connectivity index (χ4v) is 6.12. The first-order chi connectivity index (χ1) is 22.2. The molecule has 4 heterocycles. The predicted octanol–water partition coefficient (Wildman–Crippen LogP) is 11.1. The van der Waals surface area contributed by atoms with E-state index < -0.39 is 0 Å². The third-order valence-electron chi connectivity index (χ3n) is 8.32. The number of benzene rings is 5. The van der Waals surface area contributed by atoms with Gasteiger partial charge in [0.2, 0.25) is 0 Å². The lowest BCUT2D eigenvalue weighted by molar-refractivity contribution is 0.483. The van der Waals surface area contributed by atoms with Gasteiger partial charge in [-0.25, -0.2) is 0 Å². The van der Waals surface area contributed by atoms with E-state index in [1.807, 2.05) is 42.5 Å². The molecule has 5 nitrogen and oxygen atoms in total. The molecule has 5 heteroatoms. The highest BCUT2D eigenvalue weighted by Gasteiger charge is 2.11. The van der Waals surface area contributed by atoms with Crippen LogP contribution in [-0.4, -0.2) is 9.97 Å². The monoisotopic (exact) mass is 580 g/mol. The standard InChI is InChI=1S/C40H24N2O3/c1-4-25(18-26(5-1)29-11-13-37-36(21-29)35-15-17-42-24-40(35)44-37)27-6-2-8-31(19-27)43-32-9-3-7-28(20-32)30-10-12-33-34-14-16-41-23-39(34)45-38(33)22-30/h1-24H. The van der Waals surface area contributed by atoms with Gasteiger partial charge in [0, 0.05) is 33.9 Å². The van der Waals surface area contributed by atoms with Crippen molar-refractivity contribution in [3.05, 3.63) is 146 Å². The molecule has 0 spiro atoms. The number of furan rings is 2. The van der Waals surface area contributed by atoms with Crippen molar-refractivity contribution in [2.45, 2.75) is 0 Å². The van der Waals surface area contributed by atoms with Gasteiger partial charge in [0.1, 0.15) is 22.7 Å². The molecule has 0 saturated heterocycles. The Morgan fingerprint density at radius 1 is 0.378 bits per heavy atom. The number of rotatable bonds is 5. The molecule has 0 saturated carbocycles. The number of fused-ring (bicyclic) bond motifs is 6. The first-order valence-corrected chi connectivity index (χ1v) is 14.8. The van der Waals surface area contributed by atoms with Crippen LogP contribution in [-0.2, 0) is 0 Å². The highest BCUT2D eigenvalue weighted by molar-refractivity contribution is 6.06. The van der Waals surface area contributed by atoms with Crippen LogP contribution in [0.4, 0.5) is 0 Å². The molecule has 0 N–H and O–H groups in total. The summed E-state index contributed by atoms with van der Waals surface area (Å²) in [5.41, 5.74) is 9.85. The number of ether oxygens (including phenoxy) is 1. The number of hydrogen-bond donors (Lipinski definition) is 0. The van der Waals surface area contributed by atoms with E-state index in [1.54, 1.807) is 24.8 Å². The molecule has 0 radical (unpaired) electrons. The third-order valence-corrected chi connectivity index (χ3v) is 8.32. The molecule has 9 rings (SSSR count). The van der Waals surface area contributed by atoms with Gasteiger partial charge in [-0.15, -0.1) is 0 Å². The largest absolute Gasteiger partial charge is 0.457 e. The topological polar surface area (TPSA) is 61.3 Å². The van der Waals surface area contributed by atoms with Gasteiger partial charge < -0.3 is 13.6 Å². The highest BCUT2D eigenvalue weighted by Crippen LogP contribution is 2.36. The molecule has 0 fully saturated rings. The number of hydrogen-bond acceptors (Lipinski definition) is 5. The van der Waals surface area contributed by atoms with Crippen LogP contribution >= 0.6 is 0 Å². The summed E-state index contributed by atoms with van der Waals surface area (Å²) in [7, 11) is 0. The molecule has 0 aliphatic heterocycles. The van der Waals surface area contributed by atoms with Gasteiger partial charge >= 0.3 is 0 Å². The van der Waals surface area contributed by atoms with Crippen LogP contribution in [0.5, 0.6) is 11.5 Å². The Hall–Kier alpha value is -6.20. The van der Waals surface area contributed by atoms with Crippen molar-refractivity contribution in [2.75, 3.05) is 0 Å². The lowest BCUT2D eigenvalue weighted by Crippen LogP contribution is -1.87. The van der Waals surface area contributed by atoms with Crippen LogP contribution < -0.4 is 4.74 Å². The maximum Gasteiger partial charge on any atom is 0.153 e. The molecule has 45 heavy (non-hydrogen) atoms. The second-order valence-electron chi connectivity index (χ2n) is 11.1. The summed E-state index contributed by atoms with van der Waals surface area (Å²) in [5.74, 6) is 1.54. The lowest BCUT2D eigenvalue weighted by atomic mass is 9.98. The van der Waals surface area contributed by atoms with E-state index in [-0.39, 0.29) is 0 Å². The van der Waals surface area contributed by atoms with E-state index in [1.165, 1.54) is 0 Å². The zero-order chi connectivity index (χ0) is 29.7. The van der Waals surface area contributed by atoms with Gasteiger partial charge in [0.25, 0.3) is 0 Å². The Labute approximate surface area is 258 Å². The van der Waals surface area contributed by atoms with Crippen LogP contribution in [0.1, 0.15) is 0 Å². The first kappa shape index (κ1) is 25.3. The molecule has 0 aliphatic carbocycles. The summed E-state index contributed by atoms with van der Waals surface area (Å²) in [6.07, 6.45) is 7.11. The van der Waals surface area contributed by atoms with Gasteiger partial charge in [-0.3, -0.25) is 9.97 Å². The predicted molar refractivity (Wildman–Crippen MR) is 179 cm³/mol. The summed E-state index contributed by atoms with van der Waals surface area (Å²) in [4.78, 5) is 8.38. The molecule has 0 amide bonds. The Morgan fingerprint density at radius 2 is 0.889 bits per heavy atom. The second-order valence-corrected chi connectivity index (χ2v) is 11.1. The molecule has 0 aliphatic rings. The first-order valence-electron chi connectivity index (χ1n) is 14.8. The van der Waals surface area contributed by atoms with Crippen LogP contribution in [0, 0.1) is 0 Å². The van der Waals surface area contributed by atoms with Crippen molar-refractivity contribution in [2.24, 2.45) is 0 Å². The summed E-state index contributed by atoms with van der Waals surface area (Å²) >= 11 is 0. The summed E-state index contributed by atoms with van der Waals surface area (Å²) in [6, 6.07) is 41.5. The van der Waals surface area contributed by atoms with Crippen LogP contribution in [0.15, 0.2) is 155 Å². The summed E-state index contributed by atoms with van der Waals surface area (Å²) in [5, 5.41) is 4.30. The second kappa shape index (κ2) is 10.2. The molecular weight excluding hydrogens is 556 g/mol. The number of nitrogens with zero attached hydrogens (tertiary/aromatic N) is 2. The Morgan fingerprint density at radius 3 is 1.58 bits per heavy atom. The van der Waals surface area contributed by atoms with E-state index in [0.717, 1.165) is 88.8 Å². The Bertz CT molecular complexity index is 2540. The minimum atomic E-state index is 0.767. The molecule has 0 unspecified atom stereocenters. The van der Waals surface area contributed by atoms with E-state index >= 15 is 0 Å².